The van der Waals surface area contributed by atoms with E-state index in [0.717, 1.165) is 18.4 Å². The Balaban J connectivity index is 3.56. The predicted molar refractivity (Wildman–Crippen MR) is 136 cm³/mol. The summed E-state index contributed by atoms with van der Waals surface area (Å²) in [5, 5.41) is 0. The molecule has 0 atom stereocenters. The number of hydrogen-bond donors (Lipinski definition) is 0. The van der Waals surface area contributed by atoms with E-state index >= 15 is 0 Å². The summed E-state index contributed by atoms with van der Waals surface area (Å²) >= 11 is 0. The van der Waals surface area contributed by atoms with E-state index in [4.69, 9.17) is 8.85 Å². The molecule has 1 rings (SSSR count). The first-order chi connectivity index (χ1) is 15.2. The molecule has 194 valence electrons. The highest BCUT2D eigenvalue weighted by Crippen LogP contribution is 2.39. The van der Waals surface area contributed by atoms with Crippen LogP contribution in [0.1, 0.15) is 39.2 Å². The molecule has 0 N–H and O–H groups in total. The zero-order chi connectivity index (χ0) is 26.5. The fourth-order valence-corrected chi connectivity index (χ4v) is 4.96. The number of halogens is 3. The topological polar surface area (TPSA) is 61.8 Å². The molecule has 0 spiro atoms. The minimum absolute atomic E-state index is 0.274. The molecule has 0 radical (unpaired) electrons. The van der Waals surface area contributed by atoms with Crippen LogP contribution in [-0.2, 0) is 16.5 Å². The molecule has 0 heterocycles. The normalized spacial score (nSPS) is 13.5. The summed E-state index contributed by atoms with van der Waals surface area (Å²) < 4.78 is 78.8. The van der Waals surface area contributed by atoms with Crippen LogP contribution < -0.4 is 13.0 Å². The van der Waals surface area contributed by atoms with Crippen LogP contribution in [0.25, 0.3) is 0 Å². The molecular formula is C23H37F3O5SSi2. The fraction of sp³-hybridized carbons (Fsp3) is 0.565. The Morgan fingerprint density at radius 3 is 1.76 bits per heavy atom. The van der Waals surface area contributed by atoms with Gasteiger partial charge >= 0.3 is 15.6 Å². The Bertz CT molecular complexity index is 978. The average Bonchev–Trinajstić information content (AvgIpc) is 2.56. The summed E-state index contributed by atoms with van der Waals surface area (Å²) in [6.07, 6.45) is 6.39. The third-order valence-electron chi connectivity index (χ3n) is 4.21. The highest BCUT2D eigenvalue weighted by molar-refractivity contribution is 7.88. The number of benzene rings is 1. The first-order valence-electron chi connectivity index (χ1n) is 11.0. The lowest BCUT2D eigenvalue weighted by atomic mass is 10.0. The Morgan fingerprint density at radius 2 is 1.38 bits per heavy atom. The molecule has 0 aliphatic carbocycles. The molecule has 0 aliphatic heterocycles. The molecule has 5 nitrogen and oxygen atoms in total. The third-order valence-corrected chi connectivity index (χ3v) is 6.85. The SMILES string of the molecule is CC(C)=CCCC(C)=CCc1c(O[Si](C)(C)C)cc(OS(=O)(=O)C(F)(F)F)cc1O[Si](C)(C)C. The van der Waals surface area contributed by atoms with Crippen molar-refractivity contribution in [2.75, 3.05) is 0 Å². The number of alkyl halides is 3. The molecule has 0 saturated heterocycles. The van der Waals surface area contributed by atoms with Gasteiger partial charge in [-0.25, -0.2) is 0 Å². The van der Waals surface area contributed by atoms with E-state index in [0.29, 0.717) is 12.0 Å². The van der Waals surface area contributed by atoms with E-state index in [1.807, 2.05) is 66.1 Å². The molecule has 0 bridgehead atoms. The van der Waals surface area contributed by atoms with E-state index in [2.05, 4.69) is 10.3 Å². The molecule has 0 amide bonds. The van der Waals surface area contributed by atoms with Gasteiger partial charge in [0.15, 0.2) is 0 Å². The minimum atomic E-state index is -5.83. The van der Waals surface area contributed by atoms with Crippen LogP contribution in [0.5, 0.6) is 17.2 Å². The highest BCUT2D eigenvalue weighted by atomic mass is 32.2. The van der Waals surface area contributed by atoms with E-state index in [-0.39, 0.29) is 11.5 Å². The van der Waals surface area contributed by atoms with Gasteiger partial charge in [-0.15, -0.1) is 0 Å². The first kappa shape index (κ1) is 30.3. The van der Waals surface area contributed by atoms with Gasteiger partial charge in [0.1, 0.15) is 17.2 Å². The van der Waals surface area contributed by atoms with Gasteiger partial charge in [-0.3, -0.25) is 0 Å². The smallest absolute Gasteiger partial charge is 0.534 e. The molecule has 0 fully saturated rings. The van der Waals surface area contributed by atoms with Gasteiger partial charge in [0.25, 0.3) is 0 Å². The minimum Gasteiger partial charge on any atom is -0.544 e. The molecule has 0 aromatic heterocycles. The van der Waals surface area contributed by atoms with Crippen molar-refractivity contribution in [1.82, 2.24) is 0 Å². The molecule has 1 aromatic rings. The average molecular weight is 539 g/mol. The van der Waals surface area contributed by atoms with Crippen molar-refractivity contribution < 1.29 is 34.6 Å². The predicted octanol–water partition coefficient (Wildman–Crippen LogP) is 7.58. The second-order valence-corrected chi connectivity index (χ2v) is 20.8. The summed E-state index contributed by atoms with van der Waals surface area (Å²) in [4.78, 5) is 0. The Morgan fingerprint density at radius 1 is 0.912 bits per heavy atom. The van der Waals surface area contributed by atoms with Crippen LogP contribution in [0.15, 0.2) is 35.4 Å². The van der Waals surface area contributed by atoms with Crippen molar-refractivity contribution in [1.29, 1.82) is 0 Å². The molecule has 34 heavy (non-hydrogen) atoms. The molecule has 0 unspecified atom stereocenters. The summed E-state index contributed by atoms with van der Waals surface area (Å²) in [5.74, 6) is 0.0538. The lowest BCUT2D eigenvalue weighted by molar-refractivity contribution is -0.0500. The summed E-state index contributed by atoms with van der Waals surface area (Å²) in [6.45, 7) is 17.7. The number of hydrogen-bond acceptors (Lipinski definition) is 5. The van der Waals surface area contributed by atoms with Crippen LogP contribution in [0.4, 0.5) is 13.2 Å². The Labute approximate surface area is 204 Å². The molecular weight excluding hydrogens is 501 g/mol. The molecule has 0 aliphatic rings. The molecule has 11 heteroatoms. The second kappa shape index (κ2) is 11.3. The van der Waals surface area contributed by atoms with Gasteiger partial charge in [-0.2, -0.15) is 21.6 Å². The second-order valence-electron chi connectivity index (χ2n) is 10.4. The number of rotatable bonds is 11. The first-order valence-corrected chi connectivity index (χ1v) is 19.3. The number of allylic oxidation sites excluding steroid dienone is 4. The lowest BCUT2D eigenvalue weighted by Crippen LogP contribution is -2.32. The quantitative estimate of drug-likeness (QED) is 0.126. The van der Waals surface area contributed by atoms with Crippen LogP contribution in [0.3, 0.4) is 0 Å². The van der Waals surface area contributed by atoms with Gasteiger partial charge in [-0.1, -0.05) is 23.3 Å². The van der Waals surface area contributed by atoms with E-state index in [1.54, 1.807) is 0 Å². The third kappa shape index (κ3) is 10.7. The standard InChI is InChI=1S/C23H37F3O5SSi2/c1-17(2)11-10-12-18(3)13-14-20-21(30-33(4,5)6)15-19(16-22(20)31-34(7,8)9)29-32(27,28)23(24,25)26/h11,13,15-16H,10,12,14H2,1-9H3. The monoisotopic (exact) mass is 538 g/mol. The lowest BCUT2D eigenvalue weighted by Gasteiger charge is -2.27. The van der Waals surface area contributed by atoms with Crippen LogP contribution in [0, 0.1) is 0 Å². The van der Waals surface area contributed by atoms with Gasteiger partial charge in [-0.05, 0) is 79.3 Å². The fourth-order valence-electron chi connectivity index (χ4n) is 2.83. The Hall–Kier alpha value is -1.73. The highest BCUT2D eigenvalue weighted by Gasteiger charge is 2.48. The van der Waals surface area contributed by atoms with E-state index in [9.17, 15) is 21.6 Å². The van der Waals surface area contributed by atoms with E-state index in [1.165, 1.54) is 17.7 Å². The zero-order valence-corrected chi connectivity index (χ0v) is 24.3. The van der Waals surface area contributed by atoms with Crippen molar-refractivity contribution in [2.45, 2.75) is 84.8 Å². The summed E-state index contributed by atoms with van der Waals surface area (Å²) in [6, 6.07) is 2.42. The maximum Gasteiger partial charge on any atom is 0.534 e. The summed E-state index contributed by atoms with van der Waals surface area (Å²) in [5.41, 5.74) is -2.50. The van der Waals surface area contributed by atoms with Crippen molar-refractivity contribution in [3.05, 3.63) is 41.0 Å². The van der Waals surface area contributed by atoms with Crippen LogP contribution in [0.2, 0.25) is 39.3 Å². The zero-order valence-electron chi connectivity index (χ0n) is 21.5. The van der Waals surface area contributed by atoms with Crippen LogP contribution >= 0.6 is 0 Å². The van der Waals surface area contributed by atoms with Gasteiger partial charge in [0.05, 0.1) is 0 Å². The summed E-state index contributed by atoms with van der Waals surface area (Å²) in [7, 11) is -10.3. The molecule has 0 saturated carbocycles. The Kier molecular flexibility index (Phi) is 10.1. The van der Waals surface area contributed by atoms with Crippen molar-refractivity contribution in [3.8, 4) is 17.2 Å². The maximum absolute atomic E-state index is 12.9. The van der Waals surface area contributed by atoms with Crippen LogP contribution in [-0.4, -0.2) is 30.6 Å². The molecule has 1 aromatic carbocycles. The van der Waals surface area contributed by atoms with Gasteiger partial charge < -0.3 is 13.0 Å². The van der Waals surface area contributed by atoms with Crippen molar-refractivity contribution >= 4 is 26.8 Å². The van der Waals surface area contributed by atoms with Crippen molar-refractivity contribution in [2.24, 2.45) is 0 Å². The maximum atomic E-state index is 12.9. The van der Waals surface area contributed by atoms with Gasteiger partial charge in [0.2, 0.25) is 16.6 Å². The largest absolute Gasteiger partial charge is 0.544 e. The van der Waals surface area contributed by atoms with Crippen molar-refractivity contribution in [3.63, 3.8) is 0 Å². The van der Waals surface area contributed by atoms with E-state index < -0.39 is 38.0 Å². The van der Waals surface area contributed by atoms with Gasteiger partial charge in [0, 0.05) is 17.7 Å².